The number of halogens is 1. The highest BCUT2D eigenvalue weighted by molar-refractivity contribution is 7.20. The molecule has 0 spiro atoms. The quantitative estimate of drug-likeness (QED) is 0.647. The Morgan fingerprint density at radius 1 is 1.38 bits per heavy atom. The Balaban J connectivity index is 2.25. The van der Waals surface area contributed by atoms with Gasteiger partial charge in [-0.3, -0.25) is 0 Å². The summed E-state index contributed by atoms with van der Waals surface area (Å²) in [6.45, 7) is 1.96. The van der Waals surface area contributed by atoms with Gasteiger partial charge in [-0.15, -0.1) is 0 Å². The molecule has 2 heterocycles. The number of aryl methyl sites for hydroxylation is 1. The van der Waals surface area contributed by atoms with E-state index >= 15 is 0 Å². The van der Waals surface area contributed by atoms with Crippen LogP contribution in [0.5, 0.6) is 0 Å². The standard InChI is InChI=1S/C11H8FN3S/c1-7-10(8-3-2-4-9(12)5-8)16-11-13-6-14-15(7)11/h2-6H,1H3. The predicted molar refractivity (Wildman–Crippen MR) is 61.0 cm³/mol. The van der Waals surface area contributed by atoms with Crippen molar-refractivity contribution in [1.29, 1.82) is 0 Å². The molecular weight excluding hydrogens is 225 g/mol. The summed E-state index contributed by atoms with van der Waals surface area (Å²) in [6, 6.07) is 6.56. The number of rotatable bonds is 1. The number of hydrogen-bond donors (Lipinski definition) is 0. The first-order valence-electron chi connectivity index (χ1n) is 4.81. The van der Waals surface area contributed by atoms with Crippen LogP contribution in [0.3, 0.4) is 0 Å². The summed E-state index contributed by atoms with van der Waals surface area (Å²) in [4.78, 5) is 5.96. The molecule has 1 aromatic carbocycles. The van der Waals surface area contributed by atoms with E-state index in [-0.39, 0.29) is 5.82 Å². The zero-order valence-electron chi connectivity index (χ0n) is 8.51. The minimum Gasteiger partial charge on any atom is -0.208 e. The Morgan fingerprint density at radius 2 is 2.25 bits per heavy atom. The fourth-order valence-electron chi connectivity index (χ4n) is 1.69. The first-order valence-corrected chi connectivity index (χ1v) is 5.62. The number of hydrogen-bond acceptors (Lipinski definition) is 3. The van der Waals surface area contributed by atoms with E-state index in [9.17, 15) is 4.39 Å². The number of benzene rings is 1. The van der Waals surface area contributed by atoms with Gasteiger partial charge in [0.25, 0.3) is 0 Å². The van der Waals surface area contributed by atoms with Crippen molar-refractivity contribution in [3.8, 4) is 10.4 Å². The monoisotopic (exact) mass is 233 g/mol. The third-order valence-corrected chi connectivity index (χ3v) is 3.64. The van der Waals surface area contributed by atoms with E-state index in [0.29, 0.717) is 0 Å². The molecule has 0 aliphatic rings. The third-order valence-electron chi connectivity index (χ3n) is 2.44. The molecule has 0 fully saturated rings. The second-order valence-electron chi connectivity index (χ2n) is 3.48. The van der Waals surface area contributed by atoms with E-state index in [4.69, 9.17) is 0 Å². The van der Waals surface area contributed by atoms with Crippen molar-refractivity contribution in [2.75, 3.05) is 0 Å². The van der Waals surface area contributed by atoms with Crippen molar-refractivity contribution in [1.82, 2.24) is 14.6 Å². The van der Waals surface area contributed by atoms with Crippen LogP contribution < -0.4 is 0 Å². The molecule has 0 atom stereocenters. The van der Waals surface area contributed by atoms with Crippen molar-refractivity contribution >= 4 is 16.3 Å². The van der Waals surface area contributed by atoms with Gasteiger partial charge in [-0.2, -0.15) is 5.10 Å². The first kappa shape index (κ1) is 9.47. The molecular formula is C11H8FN3S. The normalized spacial score (nSPS) is 11.1. The lowest BCUT2D eigenvalue weighted by molar-refractivity contribution is 0.628. The number of nitrogens with zero attached hydrogens (tertiary/aromatic N) is 3. The highest BCUT2D eigenvalue weighted by Crippen LogP contribution is 2.31. The van der Waals surface area contributed by atoms with E-state index in [1.165, 1.54) is 29.8 Å². The Kier molecular flexibility index (Phi) is 2.00. The summed E-state index contributed by atoms with van der Waals surface area (Å²) in [5.74, 6) is -0.226. The SMILES string of the molecule is Cc1c(-c2cccc(F)c2)sc2ncnn12. The van der Waals surface area contributed by atoms with Gasteiger partial charge in [0.1, 0.15) is 12.1 Å². The lowest BCUT2D eigenvalue weighted by Crippen LogP contribution is -1.87. The lowest BCUT2D eigenvalue weighted by atomic mass is 10.1. The Morgan fingerprint density at radius 3 is 3.00 bits per heavy atom. The van der Waals surface area contributed by atoms with Gasteiger partial charge in [0.05, 0.1) is 10.6 Å². The summed E-state index contributed by atoms with van der Waals surface area (Å²) in [7, 11) is 0. The van der Waals surface area contributed by atoms with Gasteiger partial charge in [-0.25, -0.2) is 13.9 Å². The van der Waals surface area contributed by atoms with Gasteiger partial charge in [0.15, 0.2) is 0 Å². The fourth-order valence-corrected chi connectivity index (χ4v) is 2.72. The molecule has 0 radical (unpaired) electrons. The Bertz CT molecular complexity index is 656. The maximum Gasteiger partial charge on any atom is 0.212 e. The summed E-state index contributed by atoms with van der Waals surface area (Å²) in [5.41, 5.74) is 1.86. The van der Waals surface area contributed by atoms with Gasteiger partial charge < -0.3 is 0 Å². The van der Waals surface area contributed by atoms with Crippen molar-refractivity contribution < 1.29 is 4.39 Å². The first-order chi connectivity index (χ1) is 7.75. The van der Waals surface area contributed by atoms with E-state index in [2.05, 4.69) is 10.1 Å². The van der Waals surface area contributed by atoms with Crippen LogP contribution in [-0.4, -0.2) is 14.6 Å². The number of fused-ring (bicyclic) bond motifs is 1. The molecule has 3 rings (SSSR count). The summed E-state index contributed by atoms with van der Waals surface area (Å²) >= 11 is 1.52. The van der Waals surface area contributed by atoms with Gasteiger partial charge in [-0.1, -0.05) is 23.5 Å². The Hall–Kier alpha value is -1.75. The zero-order valence-corrected chi connectivity index (χ0v) is 9.33. The second-order valence-corrected chi connectivity index (χ2v) is 4.46. The van der Waals surface area contributed by atoms with Gasteiger partial charge >= 0.3 is 0 Å². The minimum atomic E-state index is -0.226. The second kappa shape index (κ2) is 3.38. The average Bonchev–Trinajstić information content (AvgIpc) is 2.82. The summed E-state index contributed by atoms with van der Waals surface area (Å²) in [6.07, 6.45) is 1.52. The van der Waals surface area contributed by atoms with Crippen LogP contribution in [0.15, 0.2) is 30.6 Å². The molecule has 3 nitrogen and oxygen atoms in total. The molecule has 0 unspecified atom stereocenters. The molecule has 0 aliphatic carbocycles. The van der Waals surface area contributed by atoms with Crippen LogP contribution in [0.1, 0.15) is 5.69 Å². The van der Waals surface area contributed by atoms with Crippen LogP contribution in [0.25, 0.3) is 15.4 Å². The smallest absolute Gasteiger partial charge is 0.208 e. The predicted octanol–water partition coefficient (Wildman–Crippen LogP) is 2.91. The molecule has 0 bridgehead atoms. The van der Waals surface area contributed by atoms with Gasteiger partial charge in [0.2, 0.25) is 4.96 Å². The van der Waals surface area contributed by atoms with Crippen molar-refractivity contribution in [3.05, 3.63) is 42.1 Å². The van der Waals surface area contributed by atoms with Crippen LogP contribution in [0, 0.1) is 12.7 Å². The van der Waals surface area contributed by atoms with E-state index < -0.39 is 0 Å². The largest absolute Gasteiger partial charge is 0.212 e. The van der Waals surface area contributed by atoms with Crippen LogP contribution in [0.4, 0.5) is 4.39 Å². The molecule has 0 saturated carbocycles. The summed E-state index contributed by atoms with van der Waals surface area (Å²) in [5, 5.41) is 4.11. The van der Waals surface area contributed by atoms with E-state index in [1.807, 2.05) is 13.0 Å². The molecule has 0 N–H and O–H groups in total. The number of thiazole rings is 1. The topological polar surface area (TPSA) is 30.2 Å². The highest BCUT2D eigenvalue weighted by atomic mass is 32.1. The van der Waals surface area contributed by atoms with Crippen LogP contribution in [-0.2, 0) is 0 Å². The molecule has 3 aromatic rings. The van der Waals surface area contributed by atoms with E-state index in [0.717, 1.165) is 21.1 Å². The van der Waals surface area contributed by atoms with Gasteiger partial charge in [0, 0.05) is 0 Å². The maximum atomic E-state index is 13.1. The highest BCUT2D eigenvalue weighted by Gasteiger charge is 2.11. The molecule has 16 heavy (non-hydrogen) atoms. The molecule has 0 aliphatic heterocycles. The average molecular weight is 233 g/mol. The molecule has 0 amide bonds. The molecule has 2 aromatic heterocycles. The van der Waals surface area contributed by atoms with Crippen molar-refractivity contribution in [2.45, 2.75) is 6.92 Å². The van der Waals surface area contributed by atoms with Crippen LogP contribution >= 0.6 is 11.3 Å². The zero-order chi connectivity index (χ0) is 11.1. The van der Waals surface area contributed by atoms with Crippen LogP contribution in [0.2, 0.25) is 0 Å². The fraction of sp³-hybridized carbons (Fsp3) is 0.0909. The third kappa shape index (κ3) is 1.32. The minimum absolute atomic E-state index is 0.226. The summed E-state index contributed by atoms with van der Waals surface area (Å²) < 4.78 is 14.9. The molecule has 0 saturated heterocycles. The number of aromatic nitrogens is 3. The van der Waals surface area contributed by atoms with E-state index in [1.54, 1.807) is 10.6 Å². The molecule has 5 heteroatoms. The van der Waals surface area contributed by atoms with Crippen molar-refractivity contribution in [2.24, 2.45) is 0 Å². The Labute approximate surface area is 95.2 Å². The lowest BCUT2D eigenvalue weighted by Gasteiger charge is -1.98. The maximum absolute atomic E-state index is 13.1. The molecule has 80 valence electrons. The van der Waals surface area contributed by atoms with Gasteiger partial charge in [-0.05, 0) is 24.6 Å². The van der Waals surface area contributed by atoms with Crippen molar-refractivity contribution in [3.63, 3.8) is 0 Å².